The Morgan fingerprint density at radius 1 is 1.11 bits per heavy atom. The minimum Gasteiger partial charge on any atom is -0.379 e. The van der Waals surface area contributed by atoms with Crippen LogP contribution >= 0.6 is 11.3 Å². The fourth-order valence-corrected chi connectivity index (χ4v) is 4.82. The van der Waals surface area contributed by atoms with Crippen LogP contribution < -0.4 is 0 Å². The molecular weight excluding hydrogens is 366 g/mol. The molecule has 2 aromatic heterocycles. The number of benzene rings is 1. The lowest BCUT2D eigenvalue weighted by molar-refractivity contribution is 0.0359. The van der Waals surface area contributed by atoms with Gasteiger partial charge in [0.1, 0.15) is 0 Å². The van der Waals surface area contributed by atoms with Gasteiger partial charge in [-0.1, -0.05) is 18.2 Å². The Morgan fingerprint density at radius 3 is 2.82 bits per heavy atom. The molecule has 4 rings (SSSR count). The number of ether oxygens (including phenoxy) is 1. The van der Waals surface area contributed by atoms with E-state index in [1.54, 1.807) is 0 Å². The van der Waals surface area contributed by atoms with E-state index < -0.39 is 0 Å². The van der Waals surface area contributed by atoms with Crippen molar-refractivity contribution < 1.29 is 4.74 Å². The molecule has 3 aromatic rings. The molecule has 0 saturated carbocycles. The average molecular weight is 396 g/mol. The maximum atomic E-state index is 5.47. The number of aromatic nitrogens is 1. The van der Waals surface area contributed by atoms with Crippen molar-refractivity contribution in [3.63, 3.8) is 0 Å². The summed E-state index contributed by atoms with van der Waals surface area (Å²) in [4.78, 5) is 11.1. The van der Waals surface area contributed by atoms with E-state index in [4.69, 9.17) is 4.74 Å². The zero-order valence-corrected chi connectivity index (χ0v) is 17.5. The highest BCUT2D eigenvalue weighted by Crippen LogP contribution is 2.22. The van der Waals surface area contributed by atoms with Crippen LogP contribution in [-0.2, 0) is 17.8 Å². The number of nitrogens with zero attached hydrogens (tertiary/aromatic N) is 3. The molecule has 1 aliphatic rings. The van der Waals surface area contributed by atoms with Gasteiger partial charge in [0, 0.05) is 49.2 Å². The molecule has 0 spiro atoms. The van der Waals surface area contributed by atoms with Gasteiger partial charge in [-0.2, -0.15) is 0 Å². The van der Waals surface area contributed by atoms with E-state index in [1.807, 2.05) is 23.6 Å². The first-order valence-electron chi connectivity index (χ1n) is 10.2. The molecule has 0 unspecified atom stereocenters. The van der Waals surface area contributed by atoms with Crippen LogP contribution in [0.4, 0.5) is 0 Å². The van der Waals surface area contributed by atoms with Crippen LogP contribution in [0.2, 0.25) is 0 Å². The number of thiophene rings is 1. The zero-order chi connectivity index (χ0) is 19.2. The topological polar surface area (TPSA) is 28.6 Å². The van der Waals surface area contributed by atoms with Crippen LogP contribution in [0.3, 0.4) is 0 Å². The molecule has 0 N–H and O–H groups in total. The van der Waals surface area contributed by atoms with E-state index in [2.05, 4.69) is 57.4 Å². The van der Waals surface area contributed by atoms with Gasteiger partial charge in [-0.15, -0.1) is 11.3 Å². The normalized spacial score (nSPS) is 15.5. The van der Waals surface area contributed by atoms with Gasteiger partial charge in [-0.3, -0.25) is 14.8 Å². The number of morpholine rings is 1. The smallest absolute Gasteiger partial charge is 0.0705 e. The van der Waals surface area contributed by atoms with Gasteiger partial charge in [0.15, 0.2) is 0 Å². The Kier molecular flexibility index (Phi) is 6.70. The van der Waals surface area contributed by atoms with Crippen LogP contribution in [0.5, 0.6) is 0 Å². The van der Waals surface area contributed by atoms with Gasteiger partial charge >= 0.3 is 0 Å². The monoisotopic (exact) mass is 395 g/mol. The molecule has 1 saturated heterocycles. The summed E-state index contributed by atoms with van der Waals surface area (Å²) in [5, 5.41) is 3.48. The van der Waals surface area contributed by atoms with E-state index >= 15 is 0 Å². The second-order valence-electron chi connectivity index (χ2n) is 7.53. The molecule has 1 fully saturated rings. The molecule has 0 amide bonds. The lowest BCUT2D eigenvalue weighted by Crippen LogP contribution is -2.38. The third-order valence-electron chi connectivity index (χ3n) is 5.52. The Labute approximate surface area is 171 Å². The number of rotatable bonds is 8. The third-order valence-corrected chi connectivity index (χ3v) is 6.53. The van der Waals surface area contributed by atoms with Gasteiger partial charge in [-0.25, -0.2) is 0 Å². The predicted molar refractivity (Wildman–Crippen MR) is 117 cm³/mol. The summed E-state index contributed by atoms with van der Waals surface area (Å²) in [7, 11) is 0. The van der Waals surface area contributed by atoms with Crippen molar-refractivity contribution in [1.82, 2.24) is 14.8 Å². The lowest BCUT2D eigenvalue weighted by Gasteiger charge is -2.28. The van der Waals surface area contributed by atoms with Crippen molar-refractivity contribution in [3.8, 4) is 0 Å². The highest BCUT2D eigenvalue weighted by Gasteiger charge is 2.14. The molecule has 3 heterocycles. The summed E-state index contributed by atoms with van der Waals surface area (Å²) in [6.07, 6.45) is 3.06. The minimum absolute atomic E-state index is 0.876. The van der Waals surface area contributed by atoms with Crippen LogP contribution in [0.1, 0.15) is 22.4 Å². The predicted octanol–water partition coefficient (Wildman–Crippen LogP) is 4.33. The first-order chi connectivity index (χ1) is 13.8. The first kappa shape index (κ1) is 19.5. The molecule has 0 aliphatic carbocycles. The van der Waals surface area contributed by atoms with Crippen molar-refractivity contribution in [2.45, 2.75) is 26.4 Å². The molecule has 28 heavy (non-hydrogen) atoms. The third kappa shape index (κ3) is 4.97. The summed E-state index contributed by atoms with van der Waals surface area (Å²) in [5.74, 6) is 0. The van der Waals surface area contributed by atoms with Gasteiger partial charge in [0.25, 0.3) is 0 Å². The SMILES string of the molecule is Cc1ccsc1CN(CCCN1CCOCC1)Cc1cccc2ncccc12. The highest BCUT2D eigenvalue weighted by atomic mass is 32.1. The van der Waals surface area contributed by atoms with Gasteiger partial charge < -0.3 is 4.74 Å². The van der Waals surface area contributed by atoms with Gasteiger partial charge in [-0.05, 0) is 54.6 Å². The Balaban J connectivity index is 1.46. The van der Waals surface area contributed by atoms with E-state index in [9.17, 15) is 0 Å². The fraction of sp³-hybridized carbons (Fsp3) is 0.435. The Morgan fingerprint density at radius 2 is 2.00 bits per heavy atom. The molecule has 0 radical (unpaired) electrons. The second kappa shape index (κ2) is 9.61. The summed E-state index contributed by atoms with van der Waals surface area (Å²) in [6.45, 7) is 10.3. The highest BCUT2D eigenvalue weighted by molar-refractivity contribution is 7.10. The van der Waals surface area contributed by atoms with Crippen molar-refractivity contribution in [1.29, 1.82) is 0 Å². The van der Waals surface area contributed by atoms with Crippen molar-refractivity contribution in [3.05, 3.63) is 64.0 Å². The number of hydrogen-bond acceptors (Lipinski definition) is 5. The molecular formula is C23H29N3OS. The second-order valence-corrected chi connectivity index (χ2v) is 8.53. The van der Waals surface area contributed by atoms with Gasteiger partial charge in [0.2, 0.25) is 0 Å². The van der Waals surface area contributed by atoms with Crippen LogP contribution in [-0.4, -0.2) is 54.2 Å². The Hall–Kier alpha value is -1.79. The van der Waals surface area contributed by atoms with Crippen molar-refractivity contribution in [2.75, 3.05) is 39.4 Å². The maximum absolute atomic E-state index is 5.47. The van der Waals surface area contributed by atoms with Crippen LogP contribution in [0.15, 0.2) is 48.0 Å². The average Bonchev–Trinajstić information content (AvgIpc) is 3.13. The standard InChI is InChI=1S/C23H29N3OS/c1-19-8-16-28-23(19)18-26(11-4-10-25-12-14-27-15-13-25)17-20-5-2-7-22-21(20)6-3-9-24-22/h2-3,5-9,16H,4,10-15,17-18H2,1H3. The minimum atomic E-state index is 0.876. The number of pyridine rings is 1. The molecule has 1 aliphatic heterocycles. The number of fused-ring (bicyclic) bond motifs is 1. The molecule has 0 bridgehead atoms. The summed E-state index contributed by atoms with van der Waals surface area (Å²) >= 11 is 1.87. The summed E-state index contributed by atoms with van der Waals surface area (Å²) in [5.41, 5.74) is 3.86. The molecule has 5 heteroatoms. The van der Waals surface area contributed by atoms with Crippen LogP contribution in [0, 0.1) is 6.92 Å². The van der Waals surface area contributed by atoms with Crippen LogP contribution in [0.25, 0.3) is 10.9 Å². The molecule has 1 aromatic carbocycles. The largest absolute Gasteiger partial charge is 0.379 e. The zero-order valence-electron chi connectivity index (χ0n) is 16.6. The summed E-state index contributed by atoms with van der Waals surface area (Å²) < 4.78 is 5.47. The van der Waals surface area contributed by atoms with Crippen molar-refractivity contribution in [2.24, 2.45) is 0 Å². The first-order valence-corrected chi connectivity index (χ1v) is 11.1. The molecule has 0 atom stereocenters. The maximum Gasteiger partial charge on any atom is 0.0705 e. The quantitative estimate of drug-likeness (QED) is 0.568. The number of hydrogen-bond donors (Lipinski definition) is 0. The number of aryl methyl sites for hydroxylation is 1. The Bertz CT molecular complexity index is 883. The van der Waals surface area contributed by atoms with E-state index in [0.29, 0.717) is 0 Å². The fourth-order valence-electron chi connectivity index (χ4n) is 3.87. The van der Waals surface area contributed by atoms with E-state index in [1.165, 1.54) is 27.8 Å². The molecule has 148 valence electrons. The lowest BCUT2D eigenvalue weighted by atomic mass is 10.1. The van der Waals surface area contributed by atoms with Gasteiger partial charge in [0.05, 0.1) is 18.7 Å². The van der Waals surface area contributed by atoms with E-state index in [0.717, 1.165) is 58.0 Å². The van der Waals surface area contributed by atoms with Crippen molar-refractivity contribution >= 4 is 22.2 Å². The van der Waals surface area contributed by atoms with E-state index in [-0.39, 0.29) is 0 Å². The molecule has 4 nitrogen and oxygen atoms in total. The summed E-state index contributed by atoms with van der Waals surface area (Å²) in [6, 6.07) is 12.9.